The lowest BCUT2D eigenvalue weighted by Gasteiger charge is -2.46. The molecule has 0 aliphatic carbocycles. The zero-order valence-electron chi connectivity index (χ0n) is 19.0. The number of nitrogen functional groups attached to an aromatic ring is 1. The van der Waals surface area contributed by atoms with E-state index in [1.807, 2.05) is 12.1 Å². The minimum Gasteiger partial charge on any atom is -0.393 e. The van der Waals surface area contributed by atoms with Gasteiger partial charge in [0.15, 0.2) is 11.6 Å². The lowest BCUT2D eigenvalue weighted by atomic mass is 9.79. The lowest BCUT2D eigenvalue weighted by Crippen LogP contribution is -2.60. The summed E-state index contributed by atoms with van der Waals surface area (Å²) in [6.45, 7) is 12.2. The van der Waals surface area contributed by atoms with Gasteiger partial charge in [0.25, 0.3) is 0 Å². The van der Waals surface area contributed by atoms with Gasteiger partial charge in [-0.25, -0.2) is 14.4 Å². The fourth-order valence-electron chi connectivity index (χ4n) is 5.20. The Morgan fingerprint density at radius 3 is 2.16 bits per heavy atom. The molecule has 2 aliphatic heterocycles. The Hall–Kier alpha value is -2.61. The van der Waals surface area contributed by atoms with E-state index in [0.717, 1.165) is 50.5 Å². The van der Waals surface area contributed by atoms with Gasteiger partial charge in [0.1, 0.15) is 17.8 Å². The van der Waals surface area contributed by atoms with Crippen molar-refractivity contribution in [1.82, 2.24) is 15.3 Å². The van der Waals surface area contributed by atoms with Crippen LogP contribution in [-0.4, -0.2) is 53.3 Å². The average molecular weight is 428 g/mol. The molecule has 4 N–H and O–H groups in total. The first kappa shape index (κ1) is 21.6. The molecule has 0 bridgehead atoms. The molecule has 7 nitrogen and oxygen atoms in total. The number of piperazine rings is 1. The number of nitrogens with two attached hydrogens (primary N) is 1. The maximum Gasteiger partial charge on any atom is 0.157 e. The van der Waals surface area contributed by atoms with Crippen LogP contribution in [0, 0.1) is 5.82 Å². The van der Waals surface area contributed by atoms with Crippen molar-refractivity contribution in [2.45, 2.75) is 57.7 Å². The van der Waals surface area contributed by atoms with E-state index in [0.29, 0.717) is 11.5 Å². The minimum absolute atomic E-state index is 0.0424. The highest BCUT2D eigenvalue weighted by molar-refractivity contribution is 5.75. The molecule has 1 aromatic heterocycles. The predicted molar refractivity (Wildman–Crippen MR) is 125 cm³/mol. The van der Waals surface area contributed by atoms with Gasteiger partial charge < -0.3 is 26.2 Å². The highest BCUT2D eigenvalue weighted by atomic mass is 19.1. The first-order valence-electron chi connectivity index (χ1n) is 11.0. The summed E-state index contributed by atoms with van der Waals surface area (Å²) in [7, 11) is 0. The number of anilines is 4. The predicted octanol–water partition coefficient (Wildman–Crippen LogP) is 3.25. The SMILES string of the molecule is CC1(C)CC(Nc2ncnc(N3CCN(c4ccc(F)cc4)CC3)c2N)CC(C)(C)N1. The highest BCUT2D eigenvalue weighted by Gasteiger charge is 2.38. The molecule has 0 saturated carbocycles. The van der Waals surface area contributed by atoms with Gasteiger partial charge in [-0.1, -0.05) is 0 Å². The standard InChI is InChI=1S/C23H34FN7/c1-22(2)13-17(14-23(3,4)29-22)28-20-19(25)21(27-15-26-20)31-11-9-30(10-12-31)18-7-5-16(24)6-8-18/h5-8,15,17,29H,9-14,25H2,1-4H3,(H,26,27,28). The van der Waals surface area contributed by atoms with Crippen LogP contribution in [-0.2, 0) is 0 Å². The van der Waals surface area contributed by atoms with Crippen molar-refractivity contribution in [1.29, 1.82) is 0 Å². The molecular formula is C23H34FN7. The lowest BCUT2D eigenvalue weighted by molar-refractivity contribution is 0.170. The van der Waals surface area contributed by atoms with Gasteiger partial charge in [0.2, 0.25) is 0 Å². The fraction of sp³-hybridized carbons (Fsp3) is 0.565. The van der Waals surface area contributed by atoms with Gasteiger partial charge in [-0.05, 0) is 64.8 Å². The van der Waals surface area contributed by atoms with E-state index in [1.54, 1.807) is 6.33 Å². The summed E-state index contributed by atoms with van der Waals surface area (Å²) in [6, 6.07) is 6.95. The van der Waals surface area contributed by atoms with Crippen LogP contribution in [0.2, 0.25) is 0 Å². The summed E-state index contributed by atoms with van der Waals surface area (Å²) < 4.78 is 13.2. The van der Waals surface area contributed by atoms with E-state index in [4.69, 9.17) is 5.73 Å². The largest absolute Gasteiger partial charge is 0.393 e. The van der Waals surface area contributed by atoms with Crippen LogP contribution in [0.25, 0.3) is 0 Å². The molecule has 0 unspecified atom stereocenters. The Labute approximate surface area is 184 Å². The van der Waals surface area contributed by atoms with Crippen LogP contribution in [0.1, 0.15) is 40.5 Å². The number of rotatable bonds is 4. The molecule has 0 amide bonds. The van der Waals surface area contributed by atoms with Gasteiger partial charge in [0, 0.05) is 49.0 Å². The maximum atomic E-state index is 13.2. The van der Waals surface area contributed by atoms with Gasteiger partial charge in [-0.15, -0.1) is 0 Å². The summed E-state index contributed by atoms with van der Waals surface area (Å²) in [4.78, 5) is 13.4. The Morgan fingerprint density at radius 1 is 0.968 bits per heavy atom. The molecule has 1 aromatic carbocycles. The van der Waals surface area contributed by atoms with E-state index >= 15 is 0 Å². The number of hydrogen-bond acceptors (Lipinski definition) is 7. The van der Waals surface area contributed by atoms with Crippen LogP contribution in [0.4, 0.5) is 27.4 Å². The van der Waals surface area contributed by atoms with E-state index in [9.17, 15) is 4.39 Å². The van der Waals surface area contributed by atoms with E-state index in [2.05, 4.69) is 58.1 Å². The van der Waals surface area contributed by atoms with Crippen molar-refractivity contribution in [2.24, 2.45) is 0 Å². The molecule has 2 aliphatic rings. The Bertz CT molecular complexity index is 889. The van der Waals surface area contributed by atoms with Gasteiger partial charge >= 0.3 is 0 Å². The number of aromatic nitrogens is 2. The first-order valence-corrected chi connectivity index (χ1v) is 11.0. The van der Waals surface area contributed by atoms with Gasteiger partial charge in [-0.2, -0.15) is 0 Å². The van der Waals surface area contributed by atoms with Crippen molar-refractivity contribution < 1.29 is 4.39 Å². The molecule has 2 aromatic rings. The summed E-state index contributed by atoms with van der Waals surface area (Å²) in [5, 5.41) is 7.30. The number of hydrogen-bond donors (Lipinski definition) is 3. The molecule has 168 valence electrons. The summed E-state index contributed by atoms with van der Waals surface area (Å²) in [6.07, 6.45) is 3.58. The number of nitrogens with zero attached hydrogens (tertiary/aromatic N) is 4. The van der Waals surface area contributed by atoms with Gasteiger partial charge in [-0.3, -0.25) is 0 Å². The number of nitrogens with one attached hydrogen (secondary N) is 2. The van der Waals surface area contributed by atoms with Crippen molar-refractivity contribution in [3.05, 3.63) is 36.4 Å². The van der Waals surface area contributed by atoms with E-state index in [1.165, 1.54) is 12.1 Å². The molecule has 0 atom stereocenters. The van der Waals surface area contributed by atoms with E-state index < -0.39 is 0 Å². The van der Waals surface area contributed by atoms with Crippen molar-refractivity contribution >= 4 is 23.0 Å². The summed E-state index contributed by atoms with van der Waals surface area (Å²) in [5.74, 6) is 1.28. The third-order valence-corrected chi connectivity index (χ3v) is 6.16. The Morgan fingerprint density at radius 2 is 1.55 bits per heavy atom. The third-order valence-electron chi connectivity index (χ3n) is 6.16. The molecule has 8 heteroatoms. The zero-order chi connectivity index (χ0) is 22.2. The molecule has 0 radical (unpaired) electrons. The quantitative estimate of drug-likeness (QED) is 0.691. The average Bonchev–Trinajstić information content (AvgIpc) is 2.68. The van der Waals surface area contributed by atoms with Crippen molar-refractivity contribution in [2.75, 3.05) is 47.0 Å². The molecule has 0 spiro atoms. The van der Waals surface area contributed by atoms with Crippen LogP contribution >= 0.6 is 0 Å². The monoisotopic (exact) mass is 427 g/mol. The molecule has 3 heterocycles. The third kappa shape index (κ3) is 5.01. The second-order valence-electron chi connectivity index (χ2n) is 10.1. The zero-order valence-corrected chi connectivity index (χ0v) is 19.0. The van der Waals surface area contributed by atoms with Crippen LogP contribution in [0.3, 0.4) is 0 Å². The van der Waals surface area contributed by atoms with Crippen LogP contribution in [0.5, 0.6) is 0 Å². The topological polar surface area (TPSA) is 82.3 Å². The summed E-state index contributed by atoms with van der Waals surface area (Å²) >= 11 is 0. The fourth-order valence-corrected chi connectivity index (χ4v) is 5.20. The summed E-state index contributed by atoms with van der Waals surface area (Å²) in [5.41, 5.74) is 8.25. The second-order valence-corrected chi connectivity index (χ2v) is 10.1. The first-order chi connectivity index (χ1) is 14.6. The highest BCUT2D eigenvalue weighted by Crippen LogP contribution is 2.33. The van der Waals surface area contributed by atoms with E-state index in [-0.39, 0.29) is 22.9 Å². The number of halogens is 1. The second kappa shape index (κ2) is 8.15. The normalized spacial score (nSPS) is 21.2. The van der Waals surface area contributed by atoms with Crippen molar-refractivity contribution in [3.8, 4) is 0 Å². The van der Waals surface area contributed by atoms with Crippen LogP contribution in [0.15, 0.2) is 30.6 Å². The molecule has 2 saturated heterocycles. The molecule has 4 rings (SSSR count). The Balaban J connectivity index is 1.44. The van der Waals surface area contributed by atoms with Crippen LogP contribution < -0.4 is 26.2 Å². The Kier molecular flexibility index (Phi) is 5.68. The molecule has 31 heavy (non-hydrogen) atoms. The van der Waals surface area contributed by atoms with Gasteiger partial charge in [0.05, 0.1) is 0 Å². The molecular weight excluding hydrogens is 393 g/mol. The van der Waals surface area contributed by atoms with Crippen molar-refractivity contribution in [3.63, 3.8) is 0 Å². The minimum atomic E-state index is -0.211. The smallest absolute Gasteiger partial charge is 0.157 e. The molecule has 2 fully saturated rings. The number of piperidine rings is 1. The maximum absolute atomic E-state index is 13.2. The number of benzene rings is 1.